The fourth-order valence-electron chi connectivity index (χ4n) is 3.65. The maximum atomic E-state index is 6.42. The smallest absolute Gasteiger partial charge is 0.322 e. The lowest BCUT2D eigenvalue weighted by Crippen LogP contribution is -2.49. The Balaban J connectivity index is 1.71. The Kier molecular flexibility index (Phi) is 7.54. The lowest BCUT2D eigenvalue weighted by atomic mass is 9.90. The Bertz CT molecular complexity index is 376. The van der Waals surface area contributed by atoms with E-state index in [0.717, 1.165) is 25.6 Å². The van der Waals surface area contributed by atoms with Gasteiger partial charge in [-0.3, -0.25) is 0 Å². The van der Waals surface area contributed by atoms with Crippen molar-refractivity contribution in [2.24, 2.45) is 11.8 Å². The summed E-state index contributed by atoms with van der Waals surface area (Å²) >= 11 is 0. The largest absolute Gasteiger partial charge is 0.415 e. The first-order valence-electron chi connectivity index (χ1n) is 9.49. The molecule has 1 atom stereocenters. The highest BCUT2D eigenvalue weighted by atomic mass is 28.5. The van der Waals surface area contributed by atoms with Crippen molar-refractivity contribution in [3.8, 4) is 0 Å². The maximum absolute atomic E-state index is 6.42. The van der Waals surface area contributed by atoms with E-state index in [0.29, 0.717) is 5.92 Å². The monoisotopic (exact) mass is 356 g/mol. The summed E-state index contributed by atoms with van der Waals surface area (Å²) < 4.78 is 18.9. The van der Waals surface area contributed by atoms with Crippen molar-refractivity contribution < 1.29 is 13.0 Å². The topological polar surface area (TPSA) is 27.7 Å². The van der Waals surface area contributed by atoms with Gasteiger partial charge in [0.15, 0.2) is 0 Å². The summed E-state index contributed by atoms with van der Waals surface area (Å²) in [5, 5.41) is 0. The summed E-state index contributed by atoms with van der Waals surface area (Å²) in [6.45, 7) is 10.4. The standard InChI is InChI=1S/C18H36O3Si2/c1-22(2,19-15-17-11-7-5-8-12-17)21-23(3,4)20-16-18-13-9-6-10-14-18/h5,7,17-18H,6,8-16H2,1-4H3. The lowest BCUT2D eigenvalue weighted by Gasteiger charge is -2.35. The van der Waals surface area contributed by atoms with Gasteiger partial charge >= 0.3 is 17.1 Å². The van der Waals surface area contributed by atoms with Gasteiger partial charge in [0.1, 0.15) is 0 Å². The number of hydrogen-bond acceptors (Lipinski definition) is 3. The van der Waals surface area contributed by atoms with Gasteiger partial charge in [0.25, 0.3) is 0 Å². The van der Waals surface area contributed by atoms with Crippen LogP contribution in [0, 0.1) is 11.8 Å². The minimum absolute atomic E-state index is 0.670. The molecule has 0 saturated heterocycles. The van der Waals surface area contributed by atoms with Crippen LogP contribution in [0.25, 0.3) is 0 Å². The molecular formula is C18H36O3Si2. The van der Waals surface area contributed by atoms with Gasteiger partial charge in [-0.25, -0.2) is 0 Å². The molecule has 5 heteroatoms. The third-order valence-electron chi connectivity index (χ3n) is 4.93. The van der Waals surface area contributed by atoms with E-state index < -0.39 is 17.1 Å². The van der Waals surface area contributed by atoms with Crippen molar-refractivity contribution in [2.75, 3.05) is 13.2 Å². The van der Waals surface area contributed by atoms with Crippen LogP contribution in [-0.4, -0.2) is 30.3 Å². The van der Waals surface area contributed by atoms with E-state index in [1.165, 1.54) is 44.9 Å². The third kappa shape index (κ3) is 7.65. The van der Waals surface area contributed by atoms with Crippen LogP contribution in [0.3, 0.4) is 0 Å². The average molecular weight is 357 g/mol. The second-order valence-electron chi connectivity index (χ2n) is 8.18. The summed E-state index contributed by atoms with van der Waals surface area (Å²) in [7, 11) is -4.18. The van der Waals surface area contributed by atoms with Crippen molar-refractivity contribution in [2.45, 2.75) is 77.6 Å². The SMILES string of the molecule is C[Si](C)(OCC1CC=CCC1)O[Si](C)(C)OCC1CCCCC1. The highest BCUT2D eigenvalue weighted by molar-refractivity contribution is 6.78. The van der Waals surface area contributed by atoms with E-state index in [2.05, 4.69) is 38.3 Å². The van der Waals surface area contributed by atoms with Crippen LogP contribution in [-0.2, 0) is 13.0 Å². The predicted molar refractivity (Wildman–Crippen MR) is 101 cm³/mol. The summed E-state index contributed by atoms with van der Waals surface area (Å²) in [5.74, 6) is 1.42. The Hall–Kier alpha value is 0.0538. The minimum Gasteiger partial charge on any atom is -0.415 e. The van der Waals surface area contributed by atoms with E-state index in [9.17, 15) is 0 Å². The van der Waals surface area contributed by atoms with Crippen LogP contribution in [0.15, 0.2) is 12.2 Å². The summed E-state index contributed by atoms with van der Waals surface area (Å²) in [6, 6.07) is 0. The van der Waals surface area contributed by atoms with Crippen LogP contribution in [0.2, 0.25) is 26.2 Å². The predicted octanol–water partition coefficient (Wildman–Crippen LogP) is 5.38. The highest BCUT2D eigenvalue weighted by Gasteiger charge is 2.37. The number of rotatable bonds is 8. The van der Waals surface area contributed by atoms with E-state index in [4.69, 9.17) is 13.0 Å². The quantitative estimate of drug-likeness (QED) is 0.432. The molecular weight excluding hydrogens is 320 g/mol. The van der Waals surface area contributed by atoms with Crippen molar-refractivity contribution in [1.82, 2.24) is 0 Å². The molecule has 0 amide bonds. The molecule has 0 radical (unpaired) electrons. The zero-order chi connectivity index (χ0) is 16.8. The molecule has 0 aromatic rings. The van der Waals surface area contributed by atoms with E-state index in [1.807, 2.05) is 0 Å². The van der Waals surface area contributed by atoms with Crippen molar-refractivity contribution in [1.29, 1.82) is 0 Å². The van der Waals surface area contributed by atoms with E-state index in [1.54, 1.807) is 0 Å². The molecule has 0 aliphatic heterocycles. The van der Waals surface area contributed by atoms with Crippen LogP contribution in [0.5, 0.6) is 0 Å². The van der Waals surface area contributed by atoms with Crippen molar-refractivity contribution in [3.63, 3.8) is 0 Å². The van der Waals surface area contributed by atoms with Gasteiger partial charge in [-0.15, -0.1) is 0 Å². The molecule has 0 N–H and O–H groups in total. The second kappa shape index (κ2) is 8.95. The van der Waals surface area contributed by atoms with Gasteiger partial charge in [0.05, 0.1) is 0 Å². The molecule has 2 aliphatic carbocycles. The van der Waals surface area contributed by atoms with Crippen molar-refractivity contribution >= 4 is 17.1 Å². The highest BCUT2D eigenvalue weighted by Crippen LogP contribution is 2.26. The molecule has 1 fully saturated rings. The molecule has 1 unspecified atom stereocenters. The number of hydrogen-bond donors (Lipinski definition) is 0. The van der Waals surface area contributed by atoms with E-state index in [-0.39, 0.29) is 0 Å². The zero-order valence-electron chi connectivity index (χ0n) is 15.6. The third-order valence-corrected chi connectivity index (χ3v) is 10.6. The first-order valence-corrected chi connectivity index (χ1v) is 15.1. The maximum Gasteiger partial charge on any atom is 0.322 e. The molecule has 23 heavy (non-hydrogen) atoms. The molecule has 0 aromatic heterocycles. The van der Waals surface area contributed by atoms with E-state index >= 15 is 0 Å². The fraction of sp³-hybridized carbons (Fsp3) is 0.889. The second-order valence-corrected chi connectivity index (χ2v) is 15.2. The molecule has 3 nitrogen and oxygen atoms in total. The molecule has 0 bridgehead atoms. The van der Waals surface area contributed by atoms with Gasteiger partial charge in [0, 0.05) is 13.2 Å². The van der Waals surface area contributed by atoms with Gasteiger partial charge in [0.2, 0.25) is 0 Å². The van der Waals surface area contributed by atoms with Gasteiger partial charge in [-0.05, 0) is 70.1 Å². The molecule has 134 valence electrons. The Morgan fingerprint density at radius 1 is 0.783 bits per heavy atom. The zero-order valence-corrected chi connectivity index (χ0v) is 17.6. The molecule has 0 aromatic carbocycles. The van der Waals surface area contributed by atoms with Crippen LogP contribution in [0.1, 0.15) is 51.4 Å². The van der Waals surface area contributed by atoms with Crippen LogP contribution < -0.4 is 0 Å². The first kappa shape index (κ1) is 19.4. The molecule has 2 rings (SSSR count). The molecule has 1 saturated carbocycles. The van der Waals surface area contributed by atoms with Gasteiger partial charge in [-0.2, -0.15) is 0 Å². The Morgan fingerprint density at radius 2 is 1.39 bits per heavy atom. The van der Waals surface area contributed by atoms with Gasteiger partial charge in [-0.1, -0.05) is 31.4 Å². The van der Waals surface area contributed by atoms with Crippen LogP contribution in [0.4, 0.5) is 0 Å². The molecule has 0 spiro atoms. The van der Waals surface area contributed by atoms with Crippen molar-refractivity contribution in [3.05, 3.63) is 12.2 Å². The first-order chi connectivity index (χ1) is 10.9. The normalized spacial score (nSPS) is 24.1. The summed E-state index contributed by atoms with van der Waals surface area (Å²) in [5.41, 5.74) is 0. The summed E-state index contributed by atoms with van der Waals surface area (Å²) in [6.07, 6.45) is 15.0. The minimum atomic E-state index is -2.10. The summed E-state index contributed by atoms with van der Waals surface area (Å²) in [4.78, 5) is 0. The lowest BCUT2D eigenvalue weighted by molar-refractivity contribution is 0.145. The van der Waals surface area contributed by atoms with Crippen LogP contribution >= 0.6 is 0 Å². The van der Waals surface area contributed by atoms with Gasteiger partial charge < -0.3 is 13.0 Å². The fourth-order valence-corrected chi connectivity index (χ4v) is 10.1. The number of allylic oxidation sites excluding steroid dienone is 2. The average Bonchev–Trinajstić information content (AvgIpc) is 2.52. The Labute approximate surface area is 145 Å². The molecule has 2 aliphatic rings. The molecule has 0 heterocycles. The Morgan fingerprint density at radius 3 is 1.96 bits per heavy atom.